The Morgan fingerprint density at radius 3 is 2.58 bits per heavy atom. The van der Waals surface area contributed by atoms with Crippen LogP contribution in [0.2, 0.25) is 0 Å². The van der Waals surface area contributed by atoms with E-state index in [0.717, 1.165) is 30.7 Å². The molecule has 1 aromatic rings. The molecule has 1 fully saturated rings. The van der Waals surface area contributed by atoms with E-state index < -0.39 is 0 Å². The minimum atomic E-state index is -0.168. The summed E-state index contributed by atoms with van der Waals surface area (Å²) in [6.07, 6.45) is 3.95. The summed E-state index contributed by atoms with van der Waals surface area (Å²) in [5, 5.41) is 6.53. The van der Waals surface area contributed by atoms with Gasteiger partial charge in [-0.05, 0) is 30.7 Å². The maximum Gasteiger partial charge on any atom is 0.243 e. The summed E-state index contributed by atoms with van der Waals surface area (Å²) in [5.41, 5.74) is 0.592. The minimum Gasteiger partial charge on any atom is -0.356 e. The van der Waals surface area contributed by atoms with E-state index in [4.69, 9.17) is 0 Å². The molecule has 0 radical (unpaired) electrons. The van der Waals surface area contributed by atoms with E-state index in [9.17, 15) is 9.18 Å². The summed E-state index contributed by atoms with van der Waals surface area (Å²) in [7, 11) is 3.42. The van der Waals surface area contributed by atoms with Gasteiger partial charge in [-0.2, -0.15) is 11.8 Å². The Labute approximate surface area is 176 Å². The van der Waals surface area contributed by atoms with Crippen LogP contribution >= 0.6 is 35.7 Å². The average Bonchev–Trinajstić information content (AvgIpc) is 3.38. The summed E-state index contributed by atoms with van der Waals surface area (Å²) in [6.45, 7) is 1.46. The van der Waals surface area contributed by atoms with Gasteiger partial charge in [-0.15, -0.1) is 24.0 Å². The summed E-state index contributed by atoms with van der Waals surface area (Å²) in [6, 6.07) is 6.96. The Morgan fingerprint density at radius 2 is 2.00 bits per heavy atom. The van der Waals surface area contributed by atoms with Crippen LogP contribution in [0.4, 0.5) is 4.39 Å². The zero-order chi connectivity index (χ0) is 18.3. The number of rotatable bonds is 8. The molecule has 1 saturated carbocycles. The van der Waals surface area contributed by atoms with Gasteiger partial charge >= 0.3 is 0 Å². The molecular weight excluding hydrogens is 466 g/mol. The van der Waals surface area contributed by atoms with Crippen LogP contribution in [0, 0.1) is 5.82 Å². The monoisotopic (exact) mass is 494 g/mol. The van der Waals surface area contributed by atoms with Crippen LogP contribution < -0.4 is 10.6 Å². The largest absolute Gasteiger partial charge is 0.356 e. The van der Waals surface area contributed by atoms with Crippen LogP contribution in [0.25, 0.3) is 0 Å². The molecule has 0 spiro atoms. The lowest BCUT2D eigenvalue weighted by molar-refractivity contribution is -0.127. The number of carbonyl (C=O) groups is 1. The van der Waals surface area contributed by atoms with E-state index in [0.29, 0.717) is 12.5 Å². The number of hydrogen-bond acceptors (Lipinski definition) is 3. The van der Waals surface area contributed by atoms with Crippen molar-refractivity contribution in [1.29, 1.82) is 0 Å². The smallest absolute Gasteiger partial charge is 0.243 e. The Morgan fingerprint density at radius 1 is 1.31 bits per heavy atom. The van der Waals surface area contributed by atoms with Gasteiger partial charge in [0.15, 0.2) is 5.96 Å². The van der Waals surface area contributed by atoms with Gasteiger partial charge < -0.3 is 15.5 Å². The van der Waals surface area contributed by atoms with Crippen LogP contribution in [-0.4, -0.2) is 62.5 Å². The molecule has 8 heteroatoms. The molecule has 2 rings (SSSR count). The van der Waals surface area contributed by atoms with E-state index in [1.165, 1.54) is 11.0 Å². The second kappa shape index (κ2) is 11.0. The maximum absolute atomic E-state index is 14.1. The number of halogens is 2. The van der Waals surface area contributed by atoms with Crippen molar-refractivity contribution in [3.8, 4) is 0 Å². The molecule has 0 aliphatic heterocycles. The topological polar surface area (TPSA) is 56.7 Å². The van der Waals surface area contributed by atoms with E-state index in [-0.39, 0.29) is 47.7 Å². The van der Waals surface area contributed by atoms with Gasteiger partial charge in [0.25, 0.3) is 0 Å². The van der Waals surface area contributed by atoms with Crippen molar-refractivity contribution in [3.05, 3.63) is 35.6 Å². The van der Waals surface area contributed by atoms with E-state index >= 15 is 0 Å². The van der Waals surface area contributed by atoms with Gasteiger partial charge in [-0.3, -0.25) is 4.79 Å². The lowest BCUT2D eigenvalue weighted by atomic mass is 9.95. The maximum atomic E-state index is 14.1. The normalized spacial score (nSPS) is 15.0. The minimum absolute atomic E-state index is 0. The molecule has 0 saturated heterocycles. The molecule has 26 heavy (non-hydrogen) atoms. The van der Waals surface area contributed by atoms with Gasteiger partial charge in [-0.25, -0.2) is 9.38 Å². The van der Waals surface area contributed by atoms with E-state index in [1.54, 1.807) is 31.9 Å². The van der Waals surface area contributed by atoms with Gasteiger partial charge in [-0.1, -0.05) is 18.2 Å². The number of aliphatic imine (C=N–C) groups is 1. The summed E-state index contributed by atoms with van der Waals surface area (Å²) >= 11 is 1.74. The highest BCUT2D eigenvalue weighted by Crippen LogP contribution is 2.48. The van der Waals surface area contributed by atoms with Crippen LogP contribution in [0.1, 0.15) is 18.4 Å². The summed E-state index contributed by atoms with van der Waals surface area (Å²) in [5.74, 6) is 1.34. The first-order valence-electron chi connectivity index (χ1n) is 8.45. The van der Waals surface area contributed by atoms with Crippen LogP contribution in [-0.2, 0) is 10.2 Å². The zero-order valence-corrected chi connectivity index (χ0v) is 18.7. The van der Waals surface area contributed by atoms with Crippen molar-refractivity contribution in [2.24, 2.45) is 4.99 Å². The number of carbonyl (C=O) groups excluding carboxylic acids is 1. The molecular formula is C18H28FIN4OS. The predicted octanol–water partition coefficient (Wildman–Crippen LogP) is 2.46. The molecule has 1 aromatic carbocycles. The molecule has 1 aliphatic rings. The first-order chi connectivity index (χ1) is 12.0. The number of amides is 1. The van der Waals surface area contributed by atoms with Gasteiger partial charge in [0, 0.05) is 38.4 Å². The highest BCUT2D eigenvalue weighted by molar-refractivity contribution is 14.0. The number of guanidine groups is 1. The van der Waals surface area contributed by atoms with Crippen molar-refractivity contribution < 1.29 is 9.18 Å². The van der Waals surface area contributed by atoms with Gasteiger partial charge in [0.05, 0.1) is 0 Å². The molecule has 146 valence electrons. The second-order valence-electron chi connectivity index (χ2n) is 6.49. The first kappa shape index (κ1) is 23.0. The molecule has 1 aliphatic carbocycles. The van der Waals surface area contributed by atoms with E-state index in [1.807, 2.05) is 18.4 Å². The highest BCUT2D eigenvalue weighted by Gasteiger charge is 2.45. The first-order valence-corrected chi connectivity index (χ1v) is 9.84. The Hall–Kier alpha value is -1.03. The van der Waals surface area contributed by atoms with Crippen LogP contribution in [0.15, 0.2) is 29.3 Å². The second-order valence-corrected chi connectivity index (χ2v) is 7.47. The van der Waals surface area contributed by atoms with Gasteiger partial charge in [0.1, 0.15) is 12.4 Å². The average molecular weight is 494 g/mol. The number of nitrogens with one attached hydrogen (secondary N) is 2. The fourth-order valence-corrected chi connectivity index (χ4v) is 2.88. The van der Waals surface area contributed by atoms with Gasteiger partial charge in [0.2, 0.25) is 5.91 Å². The lowest BCUT2D eigenvalue weighted by Gasteiger charge is -2.20. The third-order valence-electron chi connectivity index (χ3n) is 4.36. The third kappa shape index (κ3) is 6.61. The SMILES string of the molecule is CSCCNC(=NCC(=O)N(C)C)NCC1(c2ccccc2F)CC1.I. The standard InChI is InChI=1S/C18H27FN4OS.HI/c1-23(2)16(24)12-21-17(20-10-11-25-3)22-13-18(8-9-18)14-6-4-5-7-15(14)19;/h4-7H,8-13H2,1-3H3,(H2,20,21,22);1H. The molecule has 5 nitrogen and oxygen atoms in total. The van der Waals surface area contributed by atoms with Crippen molar-refractivity contribution in [3.63, 3.8) is 0 Å². The van der Waals surface area contributed by atoms with Crippen molar-refractivity contribution in [2.45, 2.75) is 18.3 Å². The molecule has 0 aromatic heterocycles. The van der Waals surface area contributed by atoms with Crippen molar-refractivity contribution in [1.82, 2.24) is 15.5 Å². The zero-order valence-electron chi connectivity index (χ0n) is 15.5. The third-order valence-corrected chi connectivity index (χ3v) is 4.98. The number of thioether (sulfide) groups is 1. The van der Waals surface area contributed by atoms with Crippen molar-refractivity contribution in [2.75, 3.05) is 45.7 Å². The molecule has 0 atom stereocenters. The molecule has 0 bridgehead atoms. The number of hydrogen-bond donors (Lipinski definition) is 2. The Kier molecular flexibility index (Phi) is 9.70. The van der Waals surface area contributed by atoms with Crippen molar-refractivity contribution >= 4 is 47.6 Å². The fraction of sp³-hybridized carbons (Fsp3) is 0.556. The quantitative estimate of drug-likeness (QED) is 0.253. The summed E-state index contributed by atoms with van der Waals surface area (Å²) in [4.78, 5) is 17.6. The Balaban J connectivity index is 0.00000338. The lowest BCUT2D eigenvalue weighted by Crippen LogP contribution is -2.43. The van der Waals surface area contributed by atoms with E-state index in [2.05, 4.69) is 15.6 Å². The van der Waals surface area contributed by atoms with Crippen LogP contribution in [0.3, 0.4) is 0 Å². The number of likely N-dealkylation sites (N-methyl/N-ethyl adjacent to an activating group) is 1. The molecule has 1 amide bonds. The Bertz CT molecular complexity index is 623. The number of nitrogens with zero attached hydrogens (tertiary/aromatic N) is 2. The fourth-order valence-electron chi connectivity index (χ4n) is 2.57. The molecule has 0 heterocycles. The molecule has 0 unspecified atom stereocenters. The number of benzene rings is 1. The molecule has 2 N–H and O–H groups in total. The predicted molar refractivity (Wildman–Crippen MR) is 118 cm³/mol. The summed E-state index contributed by atoms with van der Waals surface area (Å²) < 4.78 is 14.1. The highest BCUT2D eigenvalue weighted by atomic mass is 127. The van der Waals surface area contributed by atoms with Crippen LogP contribution in [0.5, 0.6) is 0 Å².